The van der Waals surface area contributed by atoms with Crippen LogP contribution in [0.3, 0.4) is 0 Å². The zero-order valence-corrected chi connectivity index (χ0v) is 13.6. The molecule has 0 N–H and O–H groups in total. The van der Waals surface area contributed by atoms with E-state index < -0.39 is 0 Å². The molecule has 0 spiro atoms. The Morgan fingerprint density at radius 2 is 2.18 bits per heavy atom. The van der Waals surface area contributed by atoms with Crippen LogP contribution in [0.4, 0.5) is 5.69 Å². The van der Waals surface area contributed by atoms with E-state index in [9.17, 15) is 0 Å². The fourth-order valence-electron chi connectivity index (χ4n) is 3.13. The van der Waals surface area contributed by atoms with Crippen LogP contribution >= 0.6 is 15.9 Å². The number of aromatic nitrogens is 4. The lowest BCUT2D eigenvalue weighted by molar-refractivity contribution is 0.376. The van der Waals surface area contributed by atoms with Gasteiger partial charge in [-0.05, 0) is 47.0 Å². The van der Waals surface area contributed by atoms with Crippen molar-refractivity contribution in [3.63, 3.8) is 0 Å². The molecule has 3 aromatic rings. The summed E-state index contributed by atoms with van der Waals surface area (Å²) in [5, 5.41) is 4.40. The normalized spacial score (nSPS) is 18.8. The number of pyridine rings is 2. The highest BCUT2D eigenvalue weighted by molar-refractivity contribution is 9.10. The molecule has 1 aliphatic rings. The third-order valence-electron chi connectivity index (χ3n) is 4.16. The molecule has 0 bridgehead atoms. The lowest BCUT2D eigenvalue weighted by Gasteiger charge is -2.34. The van der Waals surface area contributed by atoms with Crippen molar-refractivity contribution in [2.75, 3.05) is 18.0 Å². The molecule has 3 aromatic heterocycles. The Hall–Kier alpha value is -1.95. The first-order valence-electron chi connectivity index (χ1n) is 7.45. The molecule has 6 heteroatoms. The minimum absolute atomic E-state index is 0.419. The molecule has 0 amide bonds. The molecule has 22 heavy (non-hydrogen) atoms. The van der Waals surface area contributed by atoms with Gasteiger partial charge in [-0.15, -0.1) is 0 Å². The highest BCUT2D eigenvalue weighted by atomic mass is 79.9. The van der Waals surface area contributed by atoms with E-state index in [1.165, 1.54) is 6.42 Å². The van der Waals surface area contributed by atoms with Crippen molar-refractivity contribution >= 4 is 32.7 Å². The van der Waals surface area contributed by atoms with Gasteiger partial charge in [-0.1, -0.05) is 0 Å². The first kappa shape index (κ1) is 13.7. The topological polar surface area (TPSA) is 46.8 Å². The highest BCUT2D eigenvalue weighted by Gasteiger charge is 2.23. The summed E-state index contributed by atoms with van der Waals surface area (Å²) in [6.07, 6.45) is 9.92. The maximum absolute atomic E-state index is 4.57. The maximum atomic E-state index is 4.57. The standard InChI is InChI=1S/C16H16BrN5/c17-12-9-14-16(19-10-12)15(4-6-18-14)21-7-1-3-13(11-21)22-8-2-5-20-22/h2,4-6,8-10,13H,1,3,7,11H2. The van der Waals surface area contributed by atoms with Gasteiger partial charge < -0.3 is 4.90 Å². The van der Waals surface area contributed by atoms with Crippen LogP contribution < -0.4 is 4.90 Å². The maximum Gasteiger partial charge on any atom is 0.112 e. The van der Waals surface area contributed by atoms with Gasteiger partial charge in [0.15, 0.2) is 0 Å². The molecule has 0 saturated carbocycles. The summed E-state index contributed by atoms with van der Waals surface area (Å²) in [6, 6.07) is 6.48. The van der Waals surface area contributed by atoms with Crippen LogP contribution in [0.15, 0.2) is 47.5 Å². The predicted octanol–water partition coefficient (Wildman–Crippen LogP) is 3.43. The molecule has 1 fully saturated rings. The average Bonchev–Trinajstić information content (AvgIpc) is 3.08. The first-order valence-corrected chi connectivity index (χ1v) is 8.25. The number of hydrogen-bond acceptors (Lipinski definition) is 4. The molecule has 1 atom stereocenters. The monoisotopic (exact) mass is 357 g/mol. The molecule has 1 saturated heterocycles. The minimum Gasteiger partial charge on any atom is -0.368 e. The molecule has 0 aliphatic carbocycles. The first-order chi connectivity index (χ1) is 10.8. The van der Waals surface area contributed by atoms with Crippen molar-refractivity contribution in [3.05, 3.63) is 47.5 Å². The molecule has 4 heterocycles. The van der Waals surface area contributed by atoms with Crippen LogP contribution in [0.5, 0.6) is 0 Å². The summed E-state index contributed by atoms with van der Waals surface area (Å²) in [5.74, 6) is 0. The summed E-state index contributed by atoms with van der Waals surface area (Å²) in [5.41, 5.74) is 3.05. The molecule has 112 valence electrons. The van der Waals surface area contributed by atoms with E-state index in [0.717, 1.165) is 40.7 Å². The van der Waals surface area contributed by atoms with Gasteiger partial charge in [-0.2, -0.15) is 5.10 Å². The van der Waals surface area contributed by atoms with Crippen molar-refractivity contribution in [1.29, 1.82) is 0 Å². The number of rotatable bonds is 2. The molecule has 0 radical (unpaired) electrons. The van der Waals surface area contributed by atoms with Crippen LogP contribution in [0.1, 0.15) is 18.9 Å². The Labute approximate surface area is 137 Å². The zero-order valence-electron chi connectivity index (χ0n) is 12.1. The zero-order chi connectivity index (χ0) is 14.9. The molecular weight excluding hydrogens is 342 g/mol. The van der Waals surface area contributed by atoms with Crippen LogP contribution in [0, 0.1) is 0 Å². The van der Waals surface area contributed by atoms with E-state index >= 15 is 0 Å². The Bertz CT molecular complexity index is 786. The number of anilines is 1. The Balaban J connectivity index is 1.69. The Morgan fingerprint density at radius 3 is 3.05 bits per heavy atom. The van der Waals surface area contributed by atoms with Crippen molar-refractivity contribution < 1.29 is 0 Å². The number of hydrogen-bond donors (Lipinski definition) is 0. The van der Waals surface area contributed by atoms with Gasteiger partial charge in [0.1, 0.15) is 5.52 Å². The average molecular weight is 358 g/mol. The quantitative estimate of drug-likeness (QED) is 0.704. The van der Waals surface area contributed by atoms with Gasteiger partial charge in [0.25, 0.3) is 0 Å². The van der Waals surface area contributed by atoms with Crippen LogP contribution in [-0.4, -0.2) is 32.8 Å². The number of fused-ring (bicyclic) bond motifs is 1. The van der Waals surface area contributed by atoms with E-state index in [0.29, 0.717) is 6.04 Å². The van der Waals surface area contributed by atoms with E-state index in [2.05, 4.69) is 46.6 Å². The molecule has 1 unspecified atom stereocenters. The van der Waals surface area contributed by atoms with Gasteiger partial charge in [-0.3, -0.25) is 14.6 Å². The summed E-state index contributed by atoms with van der Waals surface area (Å²) < 4.78 is 3.03. The molecule has 4 rings (SSSR count). The Morgan fingerprint density at radius 1 is 1.23 bits per heavy atom. The molecule has 1 aliphatic heterocycles. The third kappa shape index (κ3) is 2.47. The van der Waals surface area contributed by atoms with Crippen molar-refractivity contribution in [1.82, 2.24) is 19.7 Å². The van der Waals surface area contributed by atoms with E-state index in [1.54, 1.807) is 0 Å². The molecular formula is C16H16BrN5. The van der Waals surface area contributed by atoms with Gasteiger partial charge >= 0.3 is 0 Å². The van der Waals surface area contributed by atoms with E-state index in [1.807, 2.05) is 36.9 Å². The summed E-state index contributed by atoms with van der Waals surface area (Å²) in [4.78, 5) is 11.4. The summed E-state index contributed by atoms with van der Waals surface area (Å²) in [6.45, 7) is 2.01. The van der Waals surface area contributed by atoms with E-state index in [4.69, 9.17) is 0 Å². The van der Waals surface area contributed by atoms with Gasteiger partial charge in [0.05, 0.1) is 17.2 Å². The molecule has 0 aromatic carbocycles. The highest BCUT2D eigenvalue weighted by Crippen LogP contribution is 2.30. The predicted molar refractivity (Wildman–Crippen MR) is 89.9 cm³/mol. The van der Waals surface area contributed by atoms with Crippen molar-refractivity contribution in [3.8, 4) is 0 Å². The third-order valence-corrected chi connectivity index (χ3v) is 4.59. The lowest BCUT2D eigenvalue weighted by Crippen LogP contribution is -2.37. The summed E-state index contributed by atoms with van der Waals surface area (Å²) >= 11 is 3.46. The second-order valence-electron chi connectivity index (χ2n) is 5.58. The van der Waals surface area contributed by atoms with Crippen LogP contribution in [0.25, 0.3) is 11.0 Å². The molecule has 5 nitrogen and oxygen atoms in total. The fraction of sp³-hybridized carbons (Fsp3) is 0.312. The second-order valence-corrected chi connectivity index (χ2v) is 6.50. The van der Waals surface area contributed by atoms with Crippen LogP contribution in [0.2, 0.25) is 0 Å². The lowest BCUT2D eigenvalue weighted by atomic mass is 10.0. The number of nitrogens with zero attached hydrogens (tertiary/aromatic N) is 5. The minimum atomic E-state index is 0.419. The fourth-order valence-corrected chi connectivity index (χ4v) is 3.45. The van der Waals surface area contributed by atoms with E-state index in [-0.39, 0.29) is 0 Å². The van der Waals surface area contributed by atoms with Crippen molar-refractivity contribution in [2.45, 2.75) is 18.9 Å². The SMILES string of the molecule is Brc1cnc2c(N3CCCC(n4cccn4)C3)ccnc2c1. The van der Waals surface area contributed by atoms with Gasteiger partial charge in [0, 0.05) is 42.3 Å². The smallest absolute Gasteiger partial charge is 0.112 e. The number of halogens is 1. The largest absolute Gasteiger partial charge is 0.368 e. The second kappa shape index (κ2) is 5.68. The van der Waals surface area contributed by atoms with Gasteiger partial charge in [-0.25, -0.2) is 0 Å². The number of piperidine rings is 1. The van der Waals surface area contributed by atoms with Crippen molar-refractivity contribution in [2.24, 2.45) is 0 Å². The Kier molecular flexibility index (Phi) is 3.54. The van der Waals surface area contributed by atoms with Gasteiger partial charge in [0.2, 0.25) is 0 Å². The van der Waals surface area contributed by atoms with Crippen LogP contribution in [-0.2, 0) is 0 Å². The summed E-state index contributed by atoms with van der Waals surface area (Å²) in [7, 11) is 0.